The van der Waals surface area contributed by atoms with Gasteiger partial charge >= 0.3 is 0 Å². The van der Waals surface area contributed by atoms with Gasteiger partial charge in [-0.1, -0.05) is 0 Å². The van der Waals surface area contributed by atoms with E-state index >= 15 is 0 Å². The van der Waals surface area contributed by atoms with Crippen LogP contribution in [0, 0.1) is 0 Å². The number of aromatic nitrogens is 3. The van der Waals surface area contributed by atoms with Gasteiger partial charge in [0.2, 0.25) is 0 Å². The zero-order valence-electron chi connectivity index (χ0n) is 8.61. The molecule has 1 N–H and O–H groups in total. The Morgan fingerprint density at radius 2 is 2.43 bits per heavy atom. The van der Waals surface area contributed by atoms with E-state index in [0.29, 0.717) is 0 Å². The Balaban J connectivity index is 1.82. The maximum Gasteiger partial charge on any atom is 0.147 e. The van der Waals surface area contributed by atoms with Crippen molar-refractivity contribution in [2.24, 2.45) is 0 Å². The quantitative estimate of drug-likeness (QED) is 0.670. The van der Waals surface area contributed by atoms with Crippen LogP contribution in [0.4, 0.5) is 0 Å². The molecule has 2 rings (SSSR count). The van der Waals surface area contributed by atoms with Crippen LogP contribution >= 0.6 is 0 Å². The summed E-state index contributed by atoms with van der Waals surface area (Å²) in [7, 11) is 1.99. The molecule has 0 saturated carbocycles. The normalized spacial score (nSPS) is 16.9. The molecular weight excluding hydrogens is 178 g/mol. The molecule has 14 heavy (non-hydrogen) atoms. The van der Waals surface area contributed by atoms with Gasteiger partial charge in [-0.2, -0.15) is 0 Å². The van der Waals surface area contributed by atoms with Gasteiger partial charge in [-0.25, -0.2) is 0 Å². The summed E-state index contributed by atoms with van der Waals surface area (Å²) in [6.45, 7) is 5.33. The van der Waals surface area contributed by atoms with Crippen LogP contribution in [0.5, 0.6) is 0 Å². The second-order valence-corrected chi connectivity index (χ2v) is 3.67. The average molecular weight is 195 g/mol. The number of nitrogens with zero attached hydrogens (tertiary/aromatic N) is 4. The van der Waals surface area contributed by atoms with Crippen LogP contribution in [0.15, 0.2) is 6.33 Å². The summed E-state index contributed by atoms with van der Waals surface area (Å²) in [4.78, 5) is 2.43. The van der Waals surface area contributed by atoms with Gasteiger partial charge in [0.15, 0.2) is 0 Å². The zero-order valence-corrected chi connectivity index (χ0v) is 8.61. The molecule has 0 aliphatic carbocycles. The molecule has 5 nitrogen and oxygen atoms in total. The predicted octanol–water partition coefficient (Wildman–Crippen LogP) is -0.297. The molecule has 0 atom stereocenters. The van der Waals surface area contributed by atoms with E-state index in [-0.39, 0.29) is 0 Å². The summed E-state index contributed by atoms with van der Waals surface area (Å²) in [5.41, 5.74) is 0. The van der Waals surface area contributed by atoms with Crippen LogP contribution in [-0.2, 0) is 13.1 Å². The van der Waals surface area contributed by atoms with E-state index in [0.717, 1.165) is 38.5 Å². The smallest absolute Gasteiger partial charge is 0.147 e. The van der Waals surface area contributed by atoms with Crippen molar-refractivity contribution in [3.8, 4) is 0 Å². The van der Waals surface area contributed by atoms with Gasteiger partial charge in [-0.05, 0) is 26.6 Å². The molecule has 78 valence electrons. The molecule has 0 amide bonds. The van der Waals surface area contributed by atoms with E-state index in [1.807, 2.05) is 13.4 Å². The molecule has 0 aromatic carbocycles. The number of fused-ring (bicyclic) bond motifs is 1. The predicted molar refractivity (Wildman–Crippen MR) is 53.8 cm³/mol. The van der Waals surface area contributed by atoms with Crippen LogP contribution < -0.4 is 5.32 Å². The van der Waals surface area contributed by atoms with Crippen molar-refractivity contribution in [1.29, 1.82) is 0 Å². The lowest BCUT2D eigenvalue weighted by Crippen LogP contribution is -2.35. The maximum atomic E-state index is 4.09. The molecule has 1 aliphatic heterocycles. The maximum absolute atomic E-state index is 4.09. The standard InChI is InChI=1S/C9H17N5/c1-10-3-2-4-13-5-6-14-8-11-12-9(14)7-13/h8,10H,2-7H2,1H3. The first kappa shape index (κ1) is 9.61. The summed E-state index contributed by atoms with van der Waals surface area (Å²) in [6.07, 6.45) is 3.02. The molecule has 0 fully saturated rings. The number of hydrogen-bond acceptors (Lipinski definition) is 4. The summed E-state index contributed by atoms with van der Waals surface area (Å²) < 4.78 is 2.13. The molecule has 1 aliphatic rings. The highest BCUT2D eigenvalue weighted by Crippen LogP contribution is 2.08. The van der Waals surface area contributed by atoms with E-state index in [1.54, 1.807) is 0 Å². The molecule has 1 aromatic heterocycles. The van der Waals surface area contributed by atoms with E-state index < -0.39 is 0 Å². The highest BCUT2D eigenvalue weighted by Gasteiger charge is 2.16. The summed E-state index contributed by atoms with van der Waals surface area (Å²) >= 11 is 0. The topological polar surface area (TPSA) is 46.0 Å². The lowest BCUT2D eigenvalue weighted by Gasteiger charge is -2.26. The van der Waals surface area contributed by atoms with Crippen molar-refractivity contribution in [3.63, 3.8) is 0 Å². The van der Waals surface area contributed by atoms with Gasteiger partial charge in [0.05, 0.1) is 6.54 Å². The van der Waals surface area contributed by atoms with Crippen molar-refractivity contribution >= 4 is 0 Å². The second-order valence-electron chi connectivity index (χ2n) is 3.67. The highest BCUT2D eigenvalue weighted by molar-refractivity contribution is 4.89. The Morgan fingerprint density at radius 1 is 1.50 bits per heavy atom. The Bertz CT molecular complexity index is 282. The van der Waals surface area contributed by atoms with Crippen molar-refractivity contribution in [2.75, 3.05) is 26.7 Å². The molecule has 0 unspecified atom stereocenters. The number of rotatable bonds is 4. The molecule has 0 bridgehead atoms. The fourth-order valence-electron chi connectivity index (χ4n) is 1.79. The molecule has 0 radical (unpaired) electrons. The van der Waals surface area contributed by atoms with Gasteiger partial charge < -0.3 is 9.88 Å². The number of nitrogens with one attached hydrogen (secondary N) is 1. The van der Waals surface area contributed by atoms with Crippen LogP contribution in [-0.4, -0.2) is 46.3 Å². The SMILES string of the molecule is CNCCCN1CCn2cnnc2C1. The third kappa shape index (κ3) is 2.10. The molecule has 2 heterocycles. The Morgan fingerprint density at radius 3 is 3.29 bits per heavy atom. The van der Waals surface area contributed by atoms with Gasteiger partial charge in [0.25, 0.3) is 0 Å². The molecule has 1 aromatic rings. The zero-order chi connectivity index (χ0) is 9.80. The van der Waals surface area contributed by atoms with Gasteiger partial charge in [0, 0.05) is 13.1 Å². The molecule has 0 saturated heterocycles. The summed E-state index contributed by atoms with van der Waals surface area (Å²) in [5, 5.41) is 11.2. The van der Waals surface area contributed by atoms with Crippen LogP contribution in [0.2, 0.25) is 0 Å². The Hall–Kier alpha value is -0.940. The highest BCUT2D eigenvalue weighted by atomic mass is 15.3. The van der Waals surface area contributed by atoms with E-state index in [9.17, 15) is 0 Å². The minimum atomic E-state index is 0.948. The molecular formula is C9H17N5. The summed E-state index contributed by atoms with van der Waals surface area (Å²) in [5.74, 6) is 1.10. The fourth-order valence-corrected chi connectivity index (χ4v) is 1.79. The third-order valence-corrected chi connectivity index (χ3v) is 2.62. The average Bonchev–Trinajstić information content (AvgIpc) is 2.65. The van der Waals surface area contributed by atoms with Crippen molar-refractivity contribution in [2.45, 2.75) is 19.5 Å². The van der Waals surface area contributed by atoms with Crippen LogP contribution in [0.3, 0.4) is 0 Å². The lowest BCUT2D eigenvalue weighted by molar-refractivity contribution is 0.214. The largest absolute Gasteiger partial charge is 0.320 e. The van der Waals surface area contributed by atoms with Gasteiger partial charge in [0.1, 0.15) is 12.2 Å². The number of hydrogen-bond donors (Lipinski definition) is 1. The molecule has 0 spiro atoms. The first-order chi connectivity index (χ1) is 6.90. The van der Waals surface area contributed by atoms with Gasteiger partial charge in [-0.15, -0.1) is 10.2 Å². The monoisotopic (exact) mass is 195 g/mol. The van der Waals surface area contributed by atoms with Crippen molar-refractivity contribution in [1.82, 2.24) is 25.0 Å². The minimum absolute atomic E-state index is 0.948. The minimum Gasteiger partial charge on any atom is -0.320 e. The third-order valence-electron chi connectivity index (χ3n) is 2.62. The van der Waals surface area contributed by atoms with Crippen molar-refractivity contribution < 1.29 is 0 Å². The van der Waals surface area contributed by atoms with Crippen molar-refractivity contribution in [3.05, 3.63) is 12.2 Å². The van der Waals surface area contributed by atoms with E-state index in [4.69, 9.17) is 0 Å². The first-order valence-corrected chi connectivity index (χ1v) is 5.14. The summed E-state index contributed by atoms with van der Waals surface area (Å²) in [6, 6.07) is 0. The fraction of sp³-hybridized carbons (Fsp3) is 0.778. The van der Waals surface area contributed by atoms with Crippen LogP contribution in [0.25, 0.3) is 0 Å². The first-order valence-electron chi connectivity index (χ1n) is 5.14. The van der Waals surface area contributed by atoms with Crippen LogP contribution in [0.1, 0.15) is 12.2 Å². The lowest BCUT2D eigenvalue weighted by atomic mass is 10.3. The van der Waals surface area contributed by atoms with E-state index in [2.05, 4.69) is 25.0 Å². The molecule has 5 heteroatoms. The second kappa shape index (κ2) is 4.52. The van der Waals surface area contributed by atoms with E-state index in [1.165, 1.54) is 6.42 Å². The van der Waals surface area contributed by atoms with Gasteiger partial charge in [-0.3, -0.25) is 4.90 Å². The Labute approximate surface area is 84.1 Å². The Kier molecular flexibility index (Phi) is 3.10.